The summed E-state index contributed by atoms with van der Waals surface area (Å²) in [5, 5.41) is 54.4. The molecule has 2 rings (SSSR count). The van der Waals surface area contributed by atoms with Crippen LogP contribution in [0.1, 0.15) is 30.6 Å². The van der Waals surface area contributed by atoms with Gasteiger partial charge in [0.25, 0.3) is 5.91 Å². The van der Waals surface area contributed by atoms with Crippen molar-refractivity contribution in [1.82, 2.24) is 0 Å². The lowest BCUT2D eigenvalue weighted by atomic mass is 10.0. The van der Waals surface area contributed by atoms with Gasteiger partial charge in [-0.15, -0.1) is 0 Å². The molecule has 2 aromatic carbocycles. The highest BCUT2D eigenvalue weighted by atomic mass is 35.5. The second-order valence-electron chi connectivity index (χ2n) is 7.18. The summed E-state index contributed by atoms with van der Waals surface area (Å²) < 4.78 is 0. The number of carbonyl (C=O) groups excluding carboxylic acids is 1. The van der Waals surface area contributed by atoms with Crippen molar-refractivity contribution in [2.75, 3.05) is 10.6 Å². The number of hydrogen-bond donors (Lipinski definition) is 7. The molecular weight excluding hydrogens is 432 g/mol. The van der Waals surface area contributed by atoms with Gasteiger partial charge in [-0.2, -0.15) is 10.5 Å². The summed E-state index contributed by atoms with van der Waals surface area (Å²) in [6.45, 7) is 3.58. The van der Waals surface area contributed by atoms with Crippen molar-refractivity contribution in [2.45, 2.75) is 26.3 Å². The van der Waals surface area contributed by atoms with E-state index in [0.717, 1.165) is 12.1 Å². The Morgan fingerprint density at radius 3 is 2.19 bits per heavy atom. The lowest BCUT2D eigenvalue weighted by Gasteiger charge is -2.24. The highest BCUT2D eigenvalue weighted by molar-refractivity contribution is 6.30. The molecule has 1 amide bonds. The third-order valence-corrected chi connectivity index (χ3v) is 4.54. The fraction of sp³-hybridized carbons (Fsp3) is 0.263. The van der Waals surface area contributed by atoms with Crippen LogP contribution in [-0.4, -0.2) is 33.4 Å². The van der Waals surface area contributed by atoms with Gasteiger partial charge in [-0.25, -0.2) is 15.2 Å². The predicted octanol–water partition coefficient (Wildman–Crippen LogP) is 1.31. The molecule has 0 aliphatic rings. The average Bonchev–Trinajstić information content (AvgIpc) is 2.68. The first-order chi connectivity index (χ1) is 14.5. The molecule has 0 aromatic heterocycles. The smallest absolute Gasteiger partial charge is 0.326 e. The van der Waals surface area contributed by atoms with Crippen molar-refractivity contribution < 1.29 is 35.6 Å². The van der Waals surface area contributed by atoms with E-state index in [-0.39, 0.29) is 23.6 Å². The summed E-state index contributed by atoms with van der Waals surface area (Å²) >= 11 is 5.82. The summed E-state index contributed by atoms with van der Waals surface area (Å²) in [5.74, 6) is -2.10. The van der Waals surface area contributed by atoms with E-state index >= 15 is 0 Å². The van der Waals surface area contributed by atoms with Crippen molar-refractivity contribution in [2.24, 2.45) is 5.92 Å². The largest absolute Gasteiger partial charge is 0.595 e. The Balaban J connectivity index is 2.57. The summed E-state index contributed by atoms with van der Waals surface area (Å²) in [5.41, 5.74) is -1.23. The van der Waals surface area contributed by atoms with Gasteiger partial charge in [0, 0.05) is 16.8 Å². The quantitative estimate of drug-likeness (QED) is 0.277. The third kappa shape index (κ3) is 6.60. The number of carbonyl (C=O) groups is 2. The number of anilines is 2. The van der Waals surface area contributed by atoms with E-state index in [4.69, 9.17) is 11.6 Å². The second-order valence-corrected chi connectivity index (χ2v) is 7.62. The van der Waals surface area contributed by atoms with Crippen LogP contribution >= 0.6 is 11.6 Å². The van der Waals surface area contributed by atoms with Gasteiger partial charge in [0.15, 0.2) is 11.4 Å². The molecular formula is C19H23ClN4O7. The molecule has 11 nitrogen and oxygen atoms in total. The first kappa shape index (κ1) is 24.5. The zero-order chi connectivity index (χ0) is 23.3. The Bertz CT molecular complexity index is 936. The minimum atomic E-state index is -1.51. The maximum absolute atomic E-state index is 12.9. The van der Waals surface area contributed by atoms with Crippen LogP contribution in [0, 0.1) is 16.3 Å². The lowest BCUT2D eigenvalue weighted by Crippen LogP contribution is -3.01. The van der Waals surface area contributed by atoms with Crippen molar-refractivity contribution in [1.29, 1.82) is 0 Å². The Hall–Kier alpha value is -2.77. The molecule has 0 aliphatic heterocycles. The number of carboxylic acid groups (broad SMARTS) is 1. The zero-order valence-corrected chi connectivity index (χ0v) is 17.4. The number of amides is 1. The molecule has 12 heteroatoms. The molecule has 0 bridgehead atoms. The van der Waals surface area contributed by atoms with Crippen LogP contribution in [0.2, 0.25) is 5.02 Å². The number of rotatable bonds is 9. The maximum Gasteiger partial charge on any atom is 0.326 e. The van der Waals surface area contributed by atoms with Crippen molar-refractivity contribution in [3.63, 3.8) is 0 Å². The minimum Gasteiger partial charge on any atom is -0.595 e. The van der Waals surface area contributed by atoms with E-state index in [9.17, 15) is 35.5 Å². The molecule has 7 N–H and O–H groups in total. The molecule has 2 aromatic rings. The van der Waals surface area contributed by atoms with Crippen molar-refractivity contribution >= 4 is 46.2 Å². The normalized spacial score (nSPS) is 14.1. The summed E-state index contributed by atoms with van der Waals surface area (Å²) in [4.78, 5) is 24.6. The Morgan fingerprint density at radius 1 is 1.10 bits per heavy atom. The van der Waals surface area contributed by atoms with Crippen LogP contribution in [0.25, 0.3) is 0 Å². The Morgan fingerprint density at radius 2 is 1.71 bits per heavy atom. The molecule has 0 fully saturated rings. The SMILES string of the molecule is CC(C)C[C@H](Nc1c(C(=O)Nc2ccc(Cl)cc2)cc([NH+]([O-])O)cc1[NH+]([O-])O)C(=O)O. The van der Waals surface area contributed by atoms with Crippen molar-refractivity contribution in [3.8, 4) is 0 Å². The predicted molar refractivity (Wildman–Crippen MR) is 112 cm³/mol. The van der Waals surface area contributed by atoms with Crippen LogP contribution in [-0.2, 0) is 4.79 Å². The van der Waals surface area contributed by atoms with Crippen LogP contribution in [0.15, 0.2) is 36.4 Å². The molecule has 0 heterocycles. The van der Waals surface area contributed by atoms with Crippen molar-refractivity contribution in [3.05, 3.63) is 57.4 Å². The number of nitrogens with one attached hydrogen (secondary N) is 4. The number of quaternary nitrogens is 2. The standard InChI is InChI=1S/C19H23ClN4O7/c1-10(2)7-15(19(26)27)22-17-14(8-13(23(28)29)9-16(17)24(30)31)18(25)21-12-5-3-11(20)4-6-12/h3-6,8-10,15,22-24,28,30H,7H2,1-2H3,(H,21,25)(H,26,27)/t15-/m0/s1. The molecule has 0 radical (unpaired) electrons. The maximum atomic E-state index is 12.9. The molecule has 3 atom stereocenters. The molecule has 0 saturated carbocycles. The van der Waals surface area contributed by atoms with Gasteiger partial charge >= 0.3 is 5.97 Å². The summed E-state index contributed by atoms with van der Waals surface area (Å²) in [7, 11) is 0. The topological polar surface area (TPSA) is 174 Å². The second kappa shape index (κ2) is 10.5. The molecule has 31 heavy (non-hydrogen) atoms. The van der Waals surface area contributed by atoms with E-state index < -0.39 is 39.7 Å². The van der Waals surface area contributed by atoms with Gasteiger partial charge in [-0.05, 0) is 36.6 Å². The van der Waals surface area contributed by atoms with Crippen LogP contribution < -0.4 is 21.1 Å². The minimum absolute atomic E-state index is 0.0495. The van der Waals surface area contributed by atoms with Gasteiger partial charge in [0.1, 0.15) is 11.7 Å². The first-order valence-electron chi connectivity index (χ1n) is 9.20. The van der Waals surface area contributed by atoms with E-state index in [1.54, 1.807) is 13.8 Å². The van der Waals surface area contributed by atoms with Gasteiger partial charge in [0.05, 0.1) is 11.6 Å². The third-order valence-electron chi connectivity index (χ3n) is 4.29. The van der Waals surface area contributed by atoms with E-state index in [2.05, 4.69) is 10.6 Å². The summed E-state index contributed by atoms with van der Waals surface area (Å²) in [6.07, 6.45) is 0.146. The molecule has 168 valence electrons. The molecule has 2 unspecified atom stereocenters. The number of carboxylic acids is 1. The van der Waals surface area contributed by atoms with Gasteiger partial charge in [-0.3, -0.25) is 4.79 Å². The molecule has 0 aliphatic carbocycles. The molecule has 0 saturated heterocycles. The highest BCUT2D eigenvalue weighted by Crippen LogP contribution is 2.29. The van der Waals surface area contributed by atoms with Gasteiger partial charge in [0.2, 0.25) is 0 Å². The number of benzene rings is 2. The van der Waals surface area contributed by atoms with Gasteiger partial charge < -0.3 is 26.2 Å². The monoisotopic (exact) mass is 454 g/mol. The van der Waals surface area contributed by atoms with E-state index in [1.807, 2.05) is 0 Å². The van der Waals surface area contributed by atoms with Crippen LogP contribution in [0.5, 0.6) is 0 Å². The summed E-state index contributed by atoms with van der Waals surface area (Å²) in [6, 6.07) is 6.73. The highest BCUT2D eigenvalue weighted by Gasteiger charge is 2.28. The van der Waals surface area contributed by atoms with E-state index in [0.29, 0.717) is 10.7 Å². The zero-order valence-electron chi connectivity index (χ0n) is 16.7. The van der Waals surface area contributed by atoms with E-state index in [1.165, 1.54) is 24.3 Å². The first-order valence-corrected chi connectivity index (χ1v) is 9.58. The number of halogens is 1. The Kier molecular flexibility index (Phi) is 8.30. The lowest BCUT2D eigenvalue weighted by molar-refractivity contribution is -0.996. The van der Waals surface area contributed by atoms with Gasteiger partial charge in [-0.1, -0.05) is 25.4 Å². The fourth-order valence-electron chi connectivity index (χ4n) is 2.87. The fourth-order valence-corrected chi connectivity index (χ4v) is 2.99. The number of aliphatic carboxylic acids is 1. The number of hydrogen-bond acceptors (Lipinski definition) is 7. The van der Waals surface area contributed by atoms with Crippen LogP contribution in [0.3, 0.4) is 0 Å². The van der Waals surface area contributed by atoms with Crippen LogP contribution in [0.4, 0.5) is 22.7 Å². The molecule has 0 spiro atoms. The Labute approximate surface area is 182 Å². The average molecular weight is 455 g/mol.